The fraction of sp³-hybridized carbons (Fsp3) is 0.400. The molecule has 2 rings (SSSR count). The van der Waals surface area contributed by atoms with Crippen LogP contribution in [0.4, 0.5) is 0 Å². The number of nitrogens with one attached hydrogen (secondary N) is 2. The molecule has 0 saturated carbocycles. The molecule has 1 aromatic heterocycles. The van der Waals surface area contributed by atoms with Crippen LogP contribution < -0.4 is 10.6 Å². The molecule has 146 valence electrons. The molecular formula is C20H27BrN4O2. The fourth-order valence-electron chi connectivity index (χ4n) is 2.56. The monoisotopic (exact) mass is 434 g/mol. The highest BCUT2D eigenvalue weighted by atomic mass is 79.9. The maximum atomic E-state index is 12.0. The van der Waals surface area contributed by atoms with Gasteiger partial charge >= 0.3 is 0 Å². The number of furan rings is 1. The average Bonchev–Trinajstić information content (AvgIpc) is 3.08. The third kappa shape index (κ3) is 6.75. The second-order valence-electron chi connectivity index (χ2n) is 6.26. The van der Waals surface area contributed by atoms with Gasteiger partial charge < -0.3 is 20.0 Å². The Labute approximate surface area is 169 Å². The molecule has 0 aliphatic carbocycles. The lowest BCUT2D eigenvalue weighted by Crippen LogP contribution is -2.38. The van der Waals surface area contributed by atoms with E-state index in [4.69, 9.17) is 4.42 Å². The Morgan fingerprint density at radius 1 is 1.22 bits per heavy atom. The lowest BCUT2D eigenvalue weighted by molar-refractivity contribution is 0.0925. The van der Waals surface area contributed by atoms with Crippen LogP contribution in [0.25, 0.3) is 0 Å². The third-order valence-electron chi connectivity index (χ3n) is 3.98. The Morgan fingerprint density at radius 3 is 2.59 bits per heavy atom. The van der Waals surface area contributed by atoms with Gasteiger partial charge in [0.1, 0.15) is 0 Å². The van der Waals surface area contributed by atoms with Crippen molar-refractivity contribution in [3.63, 3.8) is 0 Å². The van der Waals surface area contributed by atoms with Crippen LogP contribution in [0, 0.1) is 6.92 Å². The maximum absolute atomic E-state index is 12.0. The van der Waals surface area contributed by atoms with Crippen LogP contribution in [0.2, 0.25) is 0 Å². The van der Waals surface area contributed by atoms with Crippen LogP contribution in [0.15, 0.2) is 50.5 Å². The standard InChI is InChI=1S/C20H27BrN4O2/c1-4-22-20(25(3)14-16-6-8-17(21)9-7-16)24-12-5-11-23-19(26)18-15(2)10-13-27-18/h6-10,13H,4-5,11-12,14H2,1-3H3,(H,22,24)(H,23,26). The molecule has 0 spiro atoms. The summed E-state index contributed by atoms with van der Waals surface area (Å²) in [7, 11) is 2.02. The van der Waals surface area contributed by atoms with Crippen molar-refractivity contribution in [2.24, 2.45) is 4.99 Å². The summed E-state index contributed by atoms with van der Waals surface area (Å²) in [6.07, 6.45) is 2.28. The smallest absolute Gasteiger partial charge is 0.287 e. The normalized spacial score (nSPS) is 11.3. The van der Waals surface area contributed by atoms with E-state index in [-0.39, 0.29) is 5.91 Å². The second-order valence-corrected chi connectivity index (χ2v) is 7.18. The van der Waals surface area contributed by atoms with Gasteiger partial charge in [-0.3, -0.25) is 9.79 Å². The van der Waals surface area contributed by atoms with Crippen molar-refractivity contribution in [1.82, 2.24) is 15.5 Å². The van der Waals surface area contributed by atoms with E-state index < -0.39 is 0 Å². The maximum Gasteiger partial charge on any atom is 0.287 e. The van der Waals surface area contributed by atoms with Crippen LogP contribution in [-0.4, -0.2) is 43.4 Å². The molecule has 0 fully saturated rings. The number of halogens is 1. The summed E-state index contributed by atoms with van der Waals surface area (Å²) in [5.41, 5.74) is 2.06. The van der Waals surface area contributed by atoms with Crippen molar-refractivity contribution >= 4 is 27.8 Å². The van der Waals surface area contributed by atoms with Crippen molar-refractivity contribution < 1.29 is 9.21 Å². The van der Waals surface area contributed by atoms with Crippen molar-refractivity contribution in [3.05, 3.63) is 58.0 Å². The zero-order valence-electron chi connectivity index (χ0n) is 16.1. The number of carbonyl (C=O) groups excluding carboxylic acids is 1. The molecule has 1 heterocycles. The number of amides is 1. The number of hydrogen-bond acceptors (Lipinski definition) is 3. The zero-order valence-corrected chi connectivity index (χ0v) is 17.7. The van der Waals surface area contributed by atoms with E-state index >= 15 is 0 Å². The summed E-state index contributed by atoms with van der Waals surface area (Å²) in [6.45, 7) is 6.66. The van der Waals surface area contributed by atoms with Gasteiger partial charge in [-0.25, -0.2) is 0 Å². The summed E-state index contributed by atoms with van der Waals surface area (Å²) in [6, 6.07) is 10.0. The Morgan fingerprint density at radius 2 is 1.96 bits per heavy atom. The molecule has 27 heavy (non-hydrogen) atoms. The molecule has 6 nitrogen and oxygen atoms in total. The Kier molecular flexibility index (Phi) is 8.39. The number of rotatable bonds is 8. The van der Waals surface area contributed by atoms with Crippen LogP contribution >= 0.6 is 15.9 Å². The second kappa shape index (κ2) is 10.8. The minimum Gasteiger partial charge on any atom is -0.459 e. The number of aliphatic imine (C=N–C) groups is 1. The summed E-state index contributed by atoms with van der Waals surface area (Å²) in [5.74, 6) is 1.05. The molecule has 0 aliphatic heterocycles. The Hall–Kier alpha value is -2.28. The van der Waals surface area contributed by atoms with Crippen LogP contribution in [-0.2, 0) is 6.54 Å². The minimum absolute atomic E-state index is 0.180. The highest BCUT2D eigenvalue weighted by molar-refractivity contribution is 9.10. The molecule has 0 unspecified atom stereocenters. The highest BCUT2D eigenvalue weighted by Crippen LogP contribution is 2.12. The molecule has 0 bridgehead atoms. The largest absolute Gasteiger partial charge is 0.459 e. The molecule has 0 atom stereocenters. The number of carbonyl (C=O) groups is 1. The molecule has 1 amide bonds. The number of guanidine groups is 1. The van der Waals surface area contributed by atoms with E-state index in [1.165, 1.54) is 11.8 Å². The molecular weight excluding hydrogens is 408 g/mol. The Bertz CT molecular complexity index is 756. The van der Waals surface area contributed by atoms with E-state index in [9.17, 15) is 4.79 Å². The average molecular weight is 435 g/mol. The van der Waals surface area contributed by atoms with Crippen molar-refractivity contribution in [2.75, 3.05) is 26.7 Å². The third-order valence-corrected chi connectivity index (χ3v) is 4.51. The zero-order chi connectivity index (χ0) is 19.6. The first-order valence-electron chi connectivity index (χ1n) is 9.07. The van der Waals surface area contributed by atoms with Crippen molar-refractivity contribution in [2.45, 2.75) is 26.8 Å². The highest BCUT2D eigenvalue weighted by Gasteiger charge is 2.11. The summed E-state index contributed by atoms with van der Waals surface area (Å²) < 4.78 is 6.26. The predicted octanol–water partition coefficient (Wildman–Crippen LogP) is 3.57. The van der Waals surface area contributed by atoms with Gasteiger partial charge in [-0.1, -0.05) is 28.1 Å². The molecule has 7 heteroatoms. The van der Waals surface area contributed by atoms with Crippen LogP contribution in [0.5, 0.6) is 0 Å². The van der Waals surface area contributed by atoms with Crippen LogP contribution in [0.1, 0.15) is 35.0 Å². The van der Waals surface area contributed by atoms with Gasteiger partial charge in [-0.15, -0.1) is 0 Å². The lowest BCUT2D eigenvalue weighted by Gasteiger charge is -2.22. The summed E-state index contributed by atoms with van der Waals surface area (Å²) in [4.78, 5) is 18.7. The van der Waals surface area contributed by atoms with E-state index in [1.807, 2.05) is 26.1 Å². The predicted molar refractivity (Wildman–Crippen MR) is 112 cm³/mol. The summed E-state index contributed by atoms with van der Waals surface area (Å²) in [5, 5.41) is 6.17. The number of benzene rings is 1. The number of hydrogen-bond donors (Lipinski definition) is 2. The molecule has 1 aromatic carbocycles. The van der Waals surface area contributed by atoms with E-state index in [2.05, 4.69) is 55.5 Å². The first kappa shape index (κ1) is 21.0. The van der Waals surface area contributed by atoms with Gasteiger partial charge in [-0.2, -0.15) is 0 Å². The van der Waals surface area contributed by atoms with Gasteiger partial charge in [0, 0.05) is 43.3 Å². The van der Waals surface area contributed by atoms with E-state index in [1.54, 1.807) is 6.07 Å². The first-order valence-corrected chi connectivity index (χ1v) is 9.86. The quantitative estimate of drug-likeness (QED) is 0.378. The minimum atomic E-state index is -0.180. The van der Waals surface area contributed by atoms with Crippen LogP contribution in [0.3, 0.4) is 0 Å². The van der Waals surface area contributed by atoms with Gasteiger partial charge in [0.15, 0.2) is 11.7 Å². The molecule has 0 radical (unpaired) electrons. The SMILES string of the molecule is CCNC(=NCCCNC(=O)c1occc1C)N(C)Cc1ccc(Br)cc1. The fourth-order valence-corrected chi connectivity index (χ4v) is 2.82. The van der Waals surface area contributed by atoms with Gasteiger partial charge in [-0.05, 0) is 44.0 Å². The molecule has 0 saturated heterocycles. The first-order chi connectivity index (χ1) is 13.0. The van der Waals surface area contributed by atoms with Crippen molar-refractivity contribution in [3.8, 4) is 0 Å². The molecule has 2 N–H and O–H groups in total. The summed E-state index contributed by atoms with van der Waals surface area (Å²) >= 11 is 3.46. The number of aryl methyl sites for hydroxylation is 1. The topological polar surface area (TPSA) is 69.9 Å². The number of nitrogens with zero attached hydrogens (tertiary/aromatic N) is 2. The Balaban J connectivity index is 1.81. The molecule has 0 aliphatic rings. The van der Waals surface area contributed by atoms with Gasteiger partial charge in [0.2, 0.25) is 0 Å². The van der Waals surface area contributed by atoms with Gasteiger partial charge in [0.25, 0.3) is 5.91 Å². The van der Waals surface area contributed by atoms with E-state index in [0.717, 1.165) is 35.5 Å². The van der Waals surface area contributed by atoms with E-state index in [0.29, 0.717) is 18.8 Å². The van der Waals surface area contributed by atoms with Gasteiger partial charge in [0.05, 0.1) is 6.26 Å². The lowest BCUT2D eigenvalue weighted by atomic mass is 10.2. The van der Waals surface area contributed by atoms with Crippen molar-refractivity contribution in [1.29, 1.82) is 0 Å². The molecule has 2 aromatic rings.